The lowest BCUT2D eigenvalue weighted by atomic mass is 10.1. The number of amides is 1. The smallest absolute Gasteiger partial charge is 0.337 e. The van der Waals surface area contributed by atoms with Gasteiger partial charge in [0, 0.05) is 18.1 Å². The topological polar surface area (TPSA) is 102 Å². The van der Waals surface area contributed by atoms with Crippen LogP contribution in [-0.4, -0.2) is 36.7 Å². The molecule has 4 N–H and O–H groups in total. The fourth-order valence-corrected chi connectivity index (χ4v) is 1.69. The maximum Gasteiger partial charge on any atom is 0.337 e. The summed E-state index contributed by atoms with van der Waals surface area (Å²) in [6, 6.07) is 4.53. The Kier molecular flexibility index (Phi) is 5.26. The van der Waals surface area contributed by atoms with Gasteiger partial charge in [0.1, 0.15) is 6.10 Å². The number of aromatic carboxylic acids is 1. The van der Waals surface area contributed by atoms with Crippen LogP contribution in [0.1, 0.15) is 10.4 Å². The average Bonchev–Trinajstić information content (AvgIpc) is 2.32. The van der Waals surface area contributed by atoms with Gasteiger partial charge >= 0.3 is 5.97 Å². The fourth-order valence-electron chi connectivity index (χ4n) is 1.33. The van der Waals surface area contributed by atoms with E-state index in [1.54, 1.807) is 6.07 Å². The molecule has 1 unspecified atom stereocenters. The summed E-state index contributed by atoms with van der Waals surface area (Å²) in [7, 11) is 1.36. The highest BCUT2D eigenvalue weighted by Gasteiger charge is 2.19. The monoisotopic (exact) mass is 316 g/mol. The Labute approximate surface area is 112 Å². The summed E-state index contributed by atoms with van der Waals surface area (Å²) >= 11 is 3.17. The van der Waals surface area contributed by atoms with Gasteiger partial charge in [-0.25, -0.2) is 4.79 Å². The van der Waals surface area contributed by atoms with Crippen LogP contribution in [0, 0.1) is 0 Å². The first-order valence-corrected chi connectivity index (χ1v) is 5.85. The van der Waals surface area contributed by atoms with E-state index in [9.17, 15) is 9.59 Å². The minimum Gasteiger partial charge on any atom is -0.478 e. The predicted octanol–water partition coefficient (Wildman–Crippen LogP) is 1.06. The van der Waals surface area contributed by atoms with Crippen LogP contribution < -0.4 is 11.1 Å². The molecule has 0 heterocycles. The van der Waals surface area contributed by atoms with E-state index in [-0.39, 0.29) is 17.8 Å². The molecule has 18 heavy (non-hydrogen) atoms. The van der Waals surface area contributed by atoms with E-state index in [0.29, 0.717) is 4.47 Å². The molecule has 0 fully saturated rings. The number of hydrogen-bond donors (Lipinski definition) is 3. The summed E-state index contributed by atoms with van der Waals surface area (Å²) in [6.45, 7) is 0.0151. The zero-order chi connectivity index (χ0) is 13.7. The number of benzene rings is 1. The number of nitrogens with one attached hydrogen (secondary N) is 1. The van der Waals surface area contributed by atoms with Gasteiger partial charge in [-0.15, -0.1) is 0 Å². The van der Waals surface area contributed by atoms with E-state index in [0.717, 1.165) is 0 Å². The minimum absolute atomic E-state index is 0.00963. The number of carboxylic acids is 1. The lowest BCUT2D eigenvalue weighted by molar-refractivity contribution is -0.125. The van der Waals surface area contributed by atoms with E-state index >= 15 is 0 Å². The summed E-state index contributed by atoms with van der Waals surface area (Å²) in [4.78, 5) is 22.8. The molecule has 1 aromatic rings. The lowest BCUT2D eigenvalue weighted by Crippen LogP contribution is -2.36. The Morgan fingerprint density at radius 3 is 2.72 bits per heavy atom. The van der Waals surface area contributed by atoms with Crippen molar-refractivity contribution < 1.29 is 19.4 Å². The van der Waals surface area contributed by atoms with E-state index in [4.69, 9.17) is 15.6 Å². The molecule has 6 nitrogen and oxygen atoms in total. The van der Waals surface area contributed by atoms with Crippen LogP contribution in [0.5, 0.6) is 0 Å². The summed E-state index contributed by atoms with van der Waals surface area (Å²) in [6.07, 6.45) is -0.810. The van der Waals surface area contributed by atoms with Crippen molar-refractivity contribution >= 4 is 33.5 Å². The number of carbonyl (C=O) groups is 2. The highest BCUT2D eigenvalue weighted by atomic mass is 79.9. The van der Waals surface area contributed by atoms with Gasteiger partial charge in [0.2, 0.25) is 0 Å². The Bertz CT molecular complexity index is 460. The molecule has 1 rings (SSSR count). The van der Waals surface area contributed by atoms with Crippen LogP contribution in [0.3, 0.4) is 0 Å². The second-order valence-corrected chi connectivity index (χ2v) is 4.36. The zero-order valence-electron chi connectivity index (χ0n) is 9.64. The maximum atomic E-state index is 11.7. The van der Waals surface area contributed by atoms with Crippen LogP contribution in [0.4, 0.5) is 5.69 Å². The van der Waals surface area contributed by atoms with Gasteiger partial charge in [0.15, 0.2) is 0 Å². The van der Waals surface area contributed by atoms with Gasteiger partial charge in [0.05, 0.1) is 11.3 Å². The molecule has 0 bridgehead atoms. The number of hydrogen-bond acceptors (Lipinski definition) is 4. The highest BCUT2D eigenvalue weighted by Crippen LogP contribution is 2.21. The molecular formula is C11H13BrN2O4. The number of ether oxygens (including phenoxy) is 1. The number of anilines is 1. The maximum absolute atomic E-state index is 11.7. The summed E-state index contributed by atoms with van der Waals surface area (Å²) in [5, 5.41) is 11.5. The Morgan fingerprint density at radius 2 is 2.22 bits per heavy atom. The van der Waals surface area contributed by atoms with Crippen molar-refractivity contribution in [1.82, 2.24) is 0 Å². The van der Waals surface area contributed by atoms with Gasteiger partial charge in [-0.2, -0.15) is 0 Å². The molecule has 1 aromatic carbocycles. The van der Waals surface area contributed by atoms with Crippen molar-refractivity contribution in [2.24, 2.45) is 5.73 Å². The molecule has 0 spiro atoms. The van der Waals surface area contributed by atoms with Crippen LogP contribution in [0.15, 0.2) is 22.7 Å². The lowest BCUT2D eigenvalue weighted by Gasteiger charge is -2.14. The summed E-state index contributed by atoms with van der Waals surface area (Å²) in [5.74, 6) is -1.61. The van der Waals surface area contributed by atoms with Gasteiger partial charge in [0.25, 0.3) is 5.91 Å². The largest absolute Gasteiger partial charge is 0.478 e. The third kappa shape index (κ3) is 3.52. The Balaban J connectivity index is 2.97. The van der Waals surface area contributed by atoms with E-state index < -0.39 is 18.0 Å². The quantitative estimate of drug-likeness (QED) is 0.754. The average molecular weight is 317 g/mol. The van der Waals surface area contributed by atoms with Gasteiger partial charge in [-0.3, -0.25) is 4.79 Å². The van der Waals surface area contributed by atoms with Gasteiger partial charge in [-0.05, 0) is 18.2 Å². The van der Waals surface area contributed by atoms with Crippen LogP contribution in [0.2, 0.25) is 0 Å². The van der Waals surface area contributed by atoms with E-state index in [1.165, 1.54) is 19.2 Å². The first-order chi connectivity index (χ1) is 8.49. The number of rotatable bonds is 5. The van der Waals surface area contributed by atoms with Crippen molar-refractivity contribution in [1.29, 1.82) is 0 Å². The third-order valence-corrected chi connectivity index (χ3v) is 2.75. The van der Waals surface area contributed by atoms with Gasteiger partial charge in [-0.1, -0.05) is 15.9 Å². The first-order valence-electron chi connectivity index (χ1n) is 5.06. The van der Waals surface area contributed by atoms with Crippen LogP contribution in [0.25, 0.3) is 0 Å². The SMILES string of the molecule is COC(CN)C(=O)Nc1ccc(Br)cc1C(=O)O. The number of nitrogens with two attached hydrogens (primary N) is 1. The number of carbonyl (C=O) groups excluding carboxylic acids is 1. The van der Waals surface area contributed by atoms with Crippen molar-refractivity contribution in [2.75, 3.05) is 19.0 Å². The second-order valence-electron chi connectivity index (χ2n) is 3.44. The molecule has 7 heteroatoms. The molecule has 0 aromatic heterocycles. The summed E-state index contributed by atoms with van der Waals surface area (Å²) in [5.41, 5.74) is 5.54. The zero-order valence-corrected chi connectivity index (χ0v) is 11.2. The highest BCUT2D eigenvalue weighted by molar-refractivity contribution is 9.10. The Morgan fingerprint density at radius 1 is 1.56 bits per heavy atom. The molecule has 98 valence electrons. The van der Waals surface area contributed by atoms with Crippen molar-refractivity contribution in [2.45, 2.75) is 6.10 Å². The van der Waals surface area contributed by atoms with Crippen molar-refractivity contribution in [3.8, 4) is 0 Å². The number of halogens is 1. The molecule has 1 atom stereocenters. The third-order valence-electron chi connectivity index (χ3n) is 2.26. The van der Waals surface area contributed by atoms with Crippen LogP contribution in [-0.2, 0) is 9.53 Å². The molecule has 0 saturated carbocycles. The first kappa shape index (κ1) is 14.6. The molecule has 0 aliphatic heterocycles. The van der Waals surface area contributed by atoms with E-state index in [1.807, 2.05) is 0 Å². The second kappa shape index (κ2) is 6.48. The predicted molar refractivity (Wildman–Crippen MR) is 69.6 cm³/mol. The normalized spacial score (nSPS) is 11.9. The van der Waals surface area contributed by atoms with Crippen molar-refractivity contribution in [3.63, 3.8) is 0 Å². The standard InChI is InChI=1S/C11H13BrN2O4/c1-18-9(5-13)10(15)14-8-3-2-6(12)4-7(8)11(16)17/h2-4,9H,5,13H2,1H3,(H,14,15)(H,16,17). The van der Waals surface area contributed by atoms with E-state index in [2.05, 4.69) is 21.2 Å². The fraction of sp³-hybridized carbons (Fsp3) is 0.273. The minimum atomic E-state index is -1.13. The summed E-state index contributed by atoms with van der Waals surface area (Å²) < 4.78 is 5.47. The molecule has 0 radical (unpaired) electrons. The van der Waals surface area contributed by atoms with Gasteiger partial charge < -0.3 is 20.9 Å². The Hall–Kier alpha value is -1.44. The molecule has 0 saturated heterocycles. The molecule has 1 amide bonds. The molecule has 0 aliphatic carbocycles. The molecule has 0 aliphatic rings. The van der Waals surface area contributed by atoms with Crippen LogP contribution >= 0.6 is 15.9 Å². The number of methoxy groups -OCH3 is 1. The number of carboxylic acid groups (broad SMARTS) is 1. The van der Waals surface area contributed by atoms with Crippen molar-refractivity contribution in [3.05, 3.63) is 28.2 Å². The molecular weight excluding hydrogens is 304 g/mol.